The van der Waals surface area contributed by atoms with Gasteiger partial charge in [-0.25, -0.2) is 9.78 Å². The van der Waals surface area contributed by atoms with Crippen LogP contribution in [0.4, 0.5) is 32.0 Å². The molecule has 2 fully saturated rings. The molecule has 6 rings (SSSR count). The maximum Gasteiger partial charge on any atom is 0.573 e. The van der Waals surface area contributed by atoms with Crippen molar-refractivity contribution in [3.05, 3.63) is 77.2 Å². The van der Waals surface area contributed by atoms with Gasteiger partial charge in [0, 0.05) is 41.2 Å². The molecule has 1 saturated carbocycles. The number of aromatic carboxylic acids is 1. The van der Waals surface area contributed by atoms with E-state index in [9.17, 15) is 36.2 Å². The molecule has 0 unspecified atom stereocenters. The molecule has 0 spiro atoms. The van der Waals surface area contributed by atoms with E-state index in [1.165, 1.54) is 30.3 Å². The molecule has 230 valence electrons. The molecule has 4 aromatic rings. The normalized spacial score (nSPS) is 16.6. The van der Waals surface area contributed by atoms with Crippen molar-refractivity contribution >= 4 is 28.6 Å². The molecule has 2 aliphatic rings. The first-order valence-corrected chi connectivity index (χ1v) is 13.9. The maximum atomic E-state index is 13.8. The molecule has 1 aliphatic heterocycles. The number of nitrogens with zero attached hydrogens (tertiary/aromatic N) is 3. The Morgan fingerprint density at radius 2 is 1.73 bits per heavy atom. The number of fused-ring (bicyclic) bond motifs is 1. The summed E-state index contributed by atoms with van der Waals surface area (Å²) in [5.74, 6) is -1.07. The molecular weight excluding hydrogens is 592 g/mol. The van der Waals surface area contributed by atoms with Crippen molar-refractivity contribution in [2.45, 2.75) is 44.1 Å². The van der Waals surface area contributed by atoms with Crippen LogP contribution >= 0.6 is 0 Å². The highest BCUT2D eigenvalue weighted by atomic mass is 19.4. The van der Waals surface area contributed by atoms with E-state index in [0.29, 0.717) is 49.0 Å². The number of pyridine rings is 1. The minimum absolute atomic E-state index is 0.0583. The Bertz CT molecular complexity index is 1730. The first-order chi connectivity index (χ1) is 20.9. The number of ether oxygens (including phenoxy) is 1. The molecular formula is C31H25F6N3O4. The highest BCUT2D eigenvalue weighted by molar-refractivity contribution is 5.93. The zero-order valence-corrected chi connectivity index (χ0v) is 23.0. The number of rotatable bonds is 7. The van der Waals surface area contributed by atoms with Gasteiger partial charge in [0.2, 0.25) is 0 Å². The van der Waals surface area contributed by atoms with Gasteiger partial charge >= 0.3 is 18.5 Å². The van der Waals surface area contributed by atoms with Crippen molar-refractivity contribution in [3.8, 4) is 17.0 Å². The molecule has 2 aromatic carbocycles. The number of anilines is 1. The number of allylic oxidation sites excluding steroid dienone is 1. The second kappa shape index (κ2) is 11.2. The summed E-state index contributed by atoms with van der Waals surface area (Å²) in [6.45, 7) is 1.08. The van der Waals surface area contributed by atoms with Crippen molar-refractivity contribution in [1.82, 2.24) is 10.1 Å². The lowest BCUT2D eigenvalue weighted by Gasteiger charge is -2.32. The first kappa shape index (κ1) is 29.5. The van der Waals surface area contributed by atoms with E-state index in [4.69, 9.17) is 4.52 Å². The van der Waals surface area contributed by atoms with Crippen LogP contribution in [0.25, 0.3) is 28.2 Å². The van der Waals surface area contributed by atoms with Crippen molar-refractivity contribution in [1.29, 1.82) is 0 Å². The molecule has 0 radical (unpaired) electrons. The van der Waals surface area contributed by atoms with Gasteiger partial charge in [-0.3, -0.25) is 0 Å². The van der Waals surface area contributed by atoms with Gasteiger partial charge in [0.15, 0.2) is 0 Å². The number of alkyl halides is 6. The molecule has 0 bridgehead atoms. The SMILES string of the molecule is O=C(O)c1cc(C(F)(F)F)c2cc(N3CCC(C=Cc4c(-c5ccccc5OC(F)(F)F)noc4C4CC4)CC3)ccc2n1. The Kier molecular flexibility index (Phi) is 7.50. The highest BCUT2D eigenvalue weighted by Crippen LogP contribution is 2.46. The number of hydrogen-bond acceptors (Lipinski definition) is 6. The van der Waals surface area contributed by atoms with Crippen molar-refractivity contribution < 1.29 is 45.5 Å². The van der Waals surface area contributed by atoms with Crippen molar-refractivity contribution in [3.63, 3.8) is 0 Å². The lowest BCUT2D eigenvalue weighted by molar-refractivity contribution is -0.274. The Balaban J connectivity index is 1.22. The van der Waals surface area contributed by atoms with Crippen LogP contribution in [0.3, 0.4) is 0 Å². The molecule has 2 aromatic heterocycles. The van der Waals surface area contributed by atoms with Crippen LogP contribution in [0.2, 0.25) is 0 Å². The van der Waals surface area contributed by atoms with E-state index in [2.05, 4.69) is 14.9 Å². The molecule has 7 nitrogen and oxygen atoms in total. The molecule has 0 atom stereocenters. The van der Waals surface area contributed by atoms with Gasteiger partial charge in [0.25, 0.3) is 0 Å². The first-order valence-electron chi connectivity index (χ1n) is 13.9. The van der Waals surface area contributed by atoms with Crippen LogP contribution in [0.1, 0.15) is 59.0 Å². The molecule has 3 heterocycles. The van der Waals surface area contributed by atoms with Gasteiger partial charge in [0.1, 0.15) is 22.9 Å². The standard InChI is InChI=1S/C31H25F6N3O4/c32-30(33,34)23-16-25(29(41)42)38-24-10-8-19(15-22(23)24)40-13-11-17(12-14-40)5-9-21-27(39-44-28(21)18-6-7-18)20-3-1-2-4-26(20)43-31(35,36)37/h1-5,8-10,15-18H,6-7,11-14H2,(H,41,42). The summed E-state index contributed by atoms with van der Waals surface area (Å²) in [5.41, 5.74) is -0.201. The fourth-order valence-corrected chi connectivity index (χ4v) is 5.52. The van der Waals surface area contributed by atoms with E-state index in [1.54, 1.807) is 12.1 Å². The average molecular weight is 618 g/mol. The molecule has 1 saturated heterocycles. The number of carboxylic acid groups (broad SMARTS) is 1. The number of aromatic nitrogens is 2. The third-order valence-electron chi connectivity index (χ3n) is 7.83. The number of halogens is 6. The average Bonchev–Trinajstić information content (AvgIpc) is 3.73. The van der Waals surface area contributed by atoms with Gasteiger partial charge in [-0.1, -0.05) is 29.4 Å². The zero-order chi connectivity index (χ0) is 31.2. The minimum Gasteiger partial charge on any atom is -0.477 e. The second-order valence-corrected chi connectivity index (χ2v) is 10.9. The smallest absolute Gasteiger partial charge is 0.477 e. The molecule has 1 aliphatic carbocycles. The number of carbonyl (C=O) groups is 1. The molecule has 0 amide bonds. The van der Waals surface area contributed by atoms with E-state index < -0.39 is 29.8 Å². The lowest BCUT2D eigenvalue weighted by Crippen LogP contribution is -2.33. The lowest BCUT2D eigenvalue weighted by atomic mass is 9.94. The van der Waals surface area contributed by atoms with Crippen molar-refractivity contribution in [2.75, 3.05) is 18.0 Å². The monoisotopic (exact) mass is 617 g/mol. The van der Waals surface area contributed by atoms with Gasteiger partial charge in [-0.2, -0.15) is 13.2 Å². The topological polar surface area (TPSA) is 88.7 Å². The van der Waals surface area contributed by atoms with Gasteiger partial charge in [0.05, 0.1) is 11.1 Å². The van der Waals surface area contributed by atoms with Crippen LogP contribution in [0.5, 0.6) is 5.75 Å². The van der Waals surface area contributed by atoms with Crippen LogP contribution < -0.4 is 9.64 Å². The fourth-order valence-electron chi connectivity index (χ4n) is 5.52. The summed E-state index contributed by atoms with van der Waals surface area (Å²) in [6.07, 6.45) is -2.70. The molecule has 44 heavy (non-hydrogen) atoms. The van der Waals surface area contributed by atoms with Crippen LogP contribution in [-0.4, -0.2) is 40.7 Å². The maximum absolute atomic E-state index is 13.8. The summed E-state index contributed by atoms with van der Waals surface area (Å²) in [5, 5.41) is 13.1. The second-order valence-electron chi connectivity index (χ2n) is 10.9. The Morgan fingerprint density at radius 3 is 2.39 bits per heavy atom. The summed E-state index contributed by atoms with van der Waals surface area (Å²) in [6, 6.07) is 10.7. The third-order valence-corrected chi connectivity index (χ3v) is 7.83. The summed E-state index contributed by atoms with van der Waals surface area (Å²) in [7, 11) is 0. The van der Waals surface area contributed by atoms with Gasteiger partial charge in [-0.15, -0.1) is 13.2 Å². The Labute approximate surface area is 246 Å². The third kappa shape index (κ3) is 6.22. The summed E-state index contributed by atoms with van der Waals surface area (Å²) in [4.78, 5) is 17.1. The number of para-hydroxylation sites is 1. The highest BCUT2D eigenvalue weighted by Gasteiger charge is 2.36. The van der Waals surface area contributed by atoms with Crippen LogP contribution in [0.15, 0.2) is 59.1 Å². The zero-order valence-electron chi connectivity index (χ0n) is 23.0. The number of carboxylic acids is 1. The Morgan fingerprint density at radius 1 is 1.00 bits per heavy atom. The predicted molar refractivity (Wildman–Crippen MR) is 148 cm³/mol. The van der Waals surface area contributed by atoms with Gasteiger partial charge in [-0.05, 0) is 68.0 Å². The number of hydrogen-bond donors (Lipinski definition) is 1. The van der Waals surface area contributed by atoms with E-state index in [-0.39, 0.29) is 39.7 Å². The van der Waals surface area contributed by atoms with Crippen LogP contribution in [0, 0.1) is 5.92 Å². The van der Waals surface area contributed by atoms with E-state index in [1.807, 2.05) is 17.1 Å². The number of piperidine rings is 1. The Hall–Kier alpha value is -4.55. The van der Waals surface area contributed by atoms with E-state index in [0.717, 1.165) is 12.8 Å². The largest absolute Gasteiger partial charge is 0.573 e. The quantitative estimate of drug-likeness (QED) is 0.209. The number of benzene rings is 2. The molecule has 1 N–H and O–H groups in total. The molecule has 13 heteroatoms. The summed E-state index contributed by atoms with van der Waals surface area (Å²) < 4.78 is 90.4. The van der Waals surface area contributed by atoms with Crippen molar-refractivity contribution in [2.24, 2.45) is 5.92 Å². The predicted octanol–water partition coefficient (Wildman–Crippen LogP) is 8.31. The fraction of sp³-hybridized carbons (Fsp3) is 0.323. The van der Waals surface area contributed by atoms with Crippen LogP contribution in [-0.2, 0) is 6.18 Å². The van der Waals surface area contributed by atoms with E-state index >= 15 is 0 Å². The van der Waals surface area contributed by atoms with Gasteiger partial charge < -0.3 is 19.3 Å². The minimum atomic E-state index is -4.87. The summed E-state index contributed by atoms with van der Waals surface area (Å²) >= 11 is 0.